The van der Waals surface area contributed by atoms with Crippen molar-refractivity contribution in [1.29, 1.82) is 0 Å². The summed E-state index contributed by atoms with van der Waals surface area (Å²) in [6, 6.07) is 17.1. The Bertz CT molecular complexity index is 1010. The molecule has 1 aromatic heterocycles. The average Bonchev–Trinajstić information content (AvgIpc) is 3.18. The summed E-state index contributed by atoms with van der Waals surface area (Å²) in [5, 5.41) is 4.46. The van der Waals surface area contributed by atoms with E-state index in [1.54, 1.807) is 11.1 Å². The van der Waals surface area contributed by atoms with Crippen molar-refractivity contribution in [2.24, 2.45) is 5.73 Å². The number of amides is 2. The Balaban J connectivity index is 1.84. The van der Waals surface area contributed by atoms with Crippen LogP contribution in [0.1, 0.15) is 25.8 Å². The number of primary amides is 1. The number of hydrogen-bond donors (Lipinski definition) is 2. The summed E-state index contributed by atoms with van der Waals surface area (Å²) < 4.78 is 5.75. The molecule has 1 saturated heterocycles. The van der Waals surface area contributed by atoms with Crippen molar-refractivity contribution in [2.75, 3.05) is 18.0 Å². The molecule has 1 aliphatic rings. The van der Waals surface area contributed by atoms with Crippen LogP contribution < -0.4 is 20.7 Å². The van der Waals surface area contributed by atoms with Crippen LogP contribution in [0.5, 0.6) is 5.75 Å². The lowest BCUT2D eigenvalue weighted by Crippen LogP contribution is -2.53. The number of carbonyl (C=O) groups excluding carboxylic acids is 1. The fraction of sp³-hybridized carbons (Fsp3) is 0.304. The van der Waals surface area contributed by atoms with E-state index in [1.807, 2.05) is 62.4 Å². The summed E-state index contributed by atoms with van der Waals surface area (Å²) in [7, 11) is 0. The Morgan fingerprint density at radius 2 is 1.93 bits per heavy atom. The van der Waals surface area contributed by atoms with Crippen molar-refractivity contribution in [3.63, 3.8) is 0 Å². The number of nitrogens with one attached hydrogen (secondary N) is 1. The third-order valence-corrected chi connectivity index (χ3v) is 5.40. The second-order valence-corrected chi connectivity index (χ2v) is 7.67. The van der Waals surface area contributed by atoms with Gasteiger partial charge in [0.1, 0.15) is 5.75 Å². The van der Waals surface area contributed by atoms with Gasteiger partial charge in [-0.3, -0.25) is 9.88 Å². The molecule has 1 aliphatic heterocycles. The van der Waals surface area contributed by atoms with Crippen LogP contribution in [0.2, 0.25) is 0 Å². The summed E-state index contributed by atoms with van der Waals surface area (Å²) in [5.41, 5.74) is 8.06. The van der Waals surface area contributed by atoms with Gasteiger partial charge in [-0.05, 0) is 68.8 Å². The number of urea groups is 1. The van der Waals surface area contributed by atoms with Crippen LogP contribution in [0, 0.1) is 0 Å². The number of pyridine rings is 1. The molecule has 1 atom stereocenters. The minimum absolute atomic E-state index is 0.0849. The van der Waals surface area contributed by atoms with E-state index in [0.29, 0.717) is 6.54 Å². The smallest absolute Gasteiger partial charge is 0.320 e. The van der Waals surface area contributed by atoms with Crippen molar-refractivity contribution in [2.45, 2.75) is 31.9 Å². The molecule has 6 nitrogen and oxygen atoms in total. The van der Waals surface area contributed by atoms with Crippen LogP contribution in [0.15, 0.2) is 60.8 Å². The summed E-state index contributed by atoms with van der Waals surface area (Å²) in [6.07, 6.45) is 2.65. The molecule has 1 unspecified atom stereocenters. The minimum Gasteiger partial charge on any atom is -0.491 e. The highest BCUT2D eigenvalue weighted by Gasteiger charge is 2.45. The number of ether oxygens (including phenoxy) is 1. The molecule has 4 rings (SSSR count). The van der Waals surface area contributed by atoms with Gasteiger partial charge in [-0.25, -0.2) is 4.79 Å². The number of benzene rings is 2. The standard InChI is InChI=1S/C23H26N4O2/c1-16(2)29-18-9-7-17(8-10-18)27(22(24)28)23(12-14-25-15-23)20-11-13-26-21-6-4-3-5-19(20)21/h3-11,13,16,25H,12,14-15H2,1-2H3,(H2,24,28). The lowest BCUT2D eigenvalue weighted by atomic mass is 9.84. The molecule has 0 spiro atoms. The van der Waals surface area contributed by atoms with E-state index in [4.69, 9.17) is 10.5 Å². The van der Waals surface area contributed by atoms with Crippen molar-refractivity contribution < 1.29 is 9.53 Å². The van der Waals surface area contributed by atoms with Gasteiger partial charge in [-0.2, -0.15) is 0 Å². The van der Waals surface area contributed by atoms with E-state index in [0.717, 1.165) is 40.9 Å². The minimum atomic E-state index is -0.588. The molecule has 6 heteroatoms. The zero-order valence-corrected chi connectivity index (χ0v) is 16.8. The number of fused-ring (bicyclic) bond motifs is 1. The van der Waals surface area contributed by atoms with Gasteiger partial charge in [-0.1, -0.05) is 18.2 Å². The van der Waals surface area contributed by atoms with E-state index in [9.17, 15) is 4.79 Å². The largest absolute Gasteiger partial charge is 0.491 e. The molecule has 0 bridgehead atoms. The summed E-state index contributed by atoms with van der Waals surface area (Å²) in [5.74, 6) is 0.765. The van der Waals surface area contributed by atoms with Crippen molar-refractivity contribution in [3.8, 4) is 5.75 Å². The predicted molar refractivity (Wildman–Crippen MR) is 115 cm³/mol. The van der Waals surface area contributed by atoms with Crippen LogP contribution in [-0.4, -0.2) is 30.2 Å². The number of rotatable bonds is 5. The van der Waals surface area contributed by atoms with Gasteiger partial charge in [0.15, 0.2) is 0 Å². The molecule has 3 N–H and O–H groups in total. The van der Waals surface area contributed by atoms with Crippen molar-refractivity contribution >= 4 is 22.6 Å². The van der Waals surface area contributed by atoms with E-state index in [1.165, 1.54) is 0 Å². The Kier molecular flexibility index (Phi) is 5.11. The van der Waals surface area contributed by atoms with Crippen LogP contribution in [0.4, 0.5) is 10.5 Å². The number of nitrogens with zero attached hydrogens (tertiary/aromatic N) is 2. The van der Waals surface area contributed by atoms with Gasteiger partial charge < -0.3 is 15.8 Å². The fourth-order valence-electron chi connectivity index (χ4n) is 4.25. The van der Waals surface area contributed by atoms with E-state index < -0.39 is 11.6 Å². The lowest BCUT2D eigenvalue weighted by molar-refractivity contribution is 0.241. The van der Waals surface area contributed by atoms with E-state index in [2.05, 4.69) is 16.4 Å². The quantitative estimate of drug-likeness (QED) is 0.694. The highest BCUT2D eigenvalue weighted by molar-refractivity contribution is 5.95. The highest BCUT2D eigenvalue weighted by atomic mass is 16.5. The number of nitrogens with two attached hydrogens (primary N) is 1. The van der Waals surface area contributed by atoms with Crippen LogP contribution in [-0.2, 0) is 5.54 Å². The number of anilines is 1. The Hall–Kier alpha value is -3.12. The molecule has 1 fully saturated rings. The highest BCUT2D eigenvalue weighted by Crippen LogP contribution is 2.41. The summed E-state index contributed by atoms with van der Waals surface area (Å²) in [6.45, 7) is 5.39. The zero-order chi connectivity index (χ0) is 20.4. The van der Waals surface area contributed by atoms with E-state index in [-0.39, 0.29) is 6.10 Å². The first-order chi connectivity index (χ1) is 14.0. The number of carbonyl (C=O) groups is 1. The topological polar surface area (TPSA) is 80.5 Å². The normalized spacial score (nSPS) is 18.9. The van der Waals surface area contributed by atoms with Gasteiger partial charge in [0.2, 0.25) is 0 Å². The summed E-state index contributed by atoms with van der Waals surface area (Å²) in [4.78, 5) is 18.9. The Morgan fingerprint density at radius 3 is 2.59 bits per heavy atom. The van der Waals surface area contributed by atoms with Gasteiger partial charge in [0.25, 0.3) is 0 Å². The molecular formula is C23H26N4O2. The van der Waals surface area contributed by atoms with Crippen LogP contribution >= 0.6 is 0 Å². The third-order valence-electron chi connectivity index (χ3n) is 5.40. The first-order valence-corrected chi connectivity index (χ1v) is 9.92. The third kappa shape index (κ3) is 3.51. The first kappa shape index (κ1) is 19.2. The number of aromatic nitrogens is 1. The second kappa shape index (κ2) is 7.72. The van der Waals surface area contributed by atoms with Gasteiger partial charge in [-0.15, -0.1) is 0 Å². The second-order valence-electron chi connectivity index (χ2n) is 7.67. The molecule has 150 valence electrons. The lowest BCUT2D eigenvalue weighted by Gasteiger charge is -2.41. The van der Waals surface area contributed by atoms with E-state index >= 15 is 0 Å². The molecule has 2 aromatic carbocycles. The maximum atomic E-state index is 12.7. The Labute approximate surface area is 170 Å². The monoisotopic (exact) mass is 390 g/mol. The van der Waals surface area contributed by atoms with Gasteiger partial charge in [0, 0.05) is 23.8 Å². The molecule has 2 heterocycles. The average molecular weight is 390 g/mol. The molecule has 0 aliphatic carbocycles. The van der Waals surface area contributed by atoms with Gasteiger partial charge in [0.05, 0.1) is 17.2 Å². The van der Waals surface area contributed by atoms with Crippen molar-refractivity contribution in [1.82, 2.24) is 10.3 Å². The first-order valence-electron chi connectivity index (χ1n) is 9.92. The van der Waals surface area contributed by atoms with Gasteiger partial charge >= 0.3 is 6.03 Å². The molecule has 2 amide bonds. The maximum absolute atomic E-state index is 12.7. The number of para-hydroxylation sites is 1. The van der Waals surface area contributed by atoms with Crippen LogP contribution in [0.25, 0.3) is 10.9 Å². The fourth-order valence-corrected chi connectivity index (χ4v) is 4.25. The number of hydrogen-bond acceptors (Lipinski definition) is 4. The molecule has 3 aromatic rings. The molecular weight excluding hydrogens is 364 g/mol. The molecule has 29 heavy (non-hydrogen) atoms. The summed E-state index contributed by atoms with van der Waals surface area (Å²) >= 11 is 0. The Morgan fingerprint density at radius 1 is 1.17 bits per heavy atom. The predicted octanol–water partition coefficient (Wildman–Crippen LogP) is 3.80. The van der Waals surface area contributed by atoms with Crippen molar-refractivity contribution in [3.05, 3.63) is 66.4 Å². The SMILES string of the molecule is CC(C)Oc1ccc(N(C(N)=O)C2(c3ccnc4ccccc34)CCNC2)cc1. The van der Waals surface area contributed by atoms with Crippen LogP contribution in [0.3, 0.4) is 0 Å². The zero-order valence-electron chi connectivity index (χ0n) is 16.8. The molecule has 0 radical (unpaired) electrons. The molecule has 0 saturated carbocycles. The maximum Gasteiger partial charge on any atom is 0.320 e.